The molecule has 3 aromatic rings. The first-order valence-electron chi connectivity index (χ1n) is 11.0. The number of aryl methyl sites for hydroxylation is 1. The predicted molar refractivity (Wildman–Crippen MR) is 123 cm³/mol. The normalized spacial score (nSPS) is 18.9. The smallest absolute Gasteiger partial charge is 0.224 e. The van der Waals surface area contributed by atoms with Crippen molar-refractivity contribution in [2.75, 3.05) is 13.1 Å². The van der Waals surface area contributed by atoms with Crippen molar-refractivity contribution in [1.29, 1.82) is 0 Å². The van der Waals surface area contributed by atoms with Gasteiger partial charge in [-0.3, -0.25) is 4.90 Å². The molecular formula is C26H27N3O2. The van der Waals surface area contributed by atoms with Gasteiger partial charge in [0.1, 0.15) is 6.29 Å². The van der Waals surface area contributed by atoms with Gasteiger partial charge in [-0.05, 0) is 28.3 Å². The number of amidine groups is 1. The number of hydrogen-bond donors (Lipinski definition) is 1. The van der Waals surface area contributed by atoms with Crippen molar-refractivity contribution in [3.8, 4) is 0 Å². The topological polar surface area (TPSA) is 53.9 Å². The van der Waals surface area contributed by atoms with E-state index in [1.165, 1.54) is 16.5 Å². The second-order valence-corrected chi connectivity index (χ2v) is 8.47. The van der Waals surface area contributed by atoms with Gasteiger partial charge in [0.05, 0.1) is 0 Å². The second kappa shape index (κ2) is 8.52. The van der Waals surface area contributed by atoms with Crippen LogP contribution in [0.15, 0.2) is 65.8 Å². The third-order valence-electron chi connectivity index (χ3n) is 6.18. The maximum Gasteiger partial charge on any atom is 0.224 e. The zero-order valence-electron chi connectivity index (χ0n) is 17.8. The maximum atomic E-state index is 10.9. The highest BCUT2D eigenvalue weighted by atomic mass is 16.7. The van der Waals surface area contributed by atoms with Gasteiger partial charge in [-0.25, -0.2) is 0 Å². The fourth-order valence-corrected chi connectivity index (χ4v) is 4.47. The number of aldehydes is 1. The molecule has 3 aromatic carbocycles. The van der Waals surface area contributed by atoms with Crippen LogP contribution in [0, 0.1) is 5.92 Å². The molecule has 0 spiro atoms. The summed E-state index contributed by atoms with van der Waals surface area (Å²) < 4.78 is 0. The van der Waals surface area contributed by atoms with Gasteiger partial charge in [0.25, 0.3) is 0 Å². The minimum Gasteiger partial charge on any atom is -0.364 e. The standard InChI is InChI=1S/C26H27N3O2/c1-2-5-18-8-10-20(11-9-18)26-27-25(28-31-26)24-13-12-21(16-29-14-19(15-29)17-30)22-6-3-4-7-23(22)24/h3-4,6-13,17,19,26H,2,5,14-16H2,1H3,(H,27,28). The monoisotopic (exact) mass is 413 g/mol. The van der Waals surface area contributed by atoms with E-state index in [2.05, 4.69) is 83.0 Å². The number of rotatable bonds is 7. The number of hydrogen-bond acceptors (Lipinski definition) is 5. The third-order valence-corrected chi connectivity index (χ3v) is 6.18. The van der Waals surface area contributed by atoms with Crippen LogP contribution in [-0.2, 0) is 22.6 Å². The molecule has 0 aromatic heterocycles. The molecular weight excluding hydrogens is 386 g/mol. The summed E-state index contributed by atoms with van der Waals surface area (Å²) in [6.45, 7) is 4.74. The molecule has 0 bridgehead atoms. The van der Waals surface area contributed by atoms with Gasteiger partial charge in [0.15, 0.2) is 5.84 Å². The molecule has 158 valence electrons. The molecule has 1 atom stereocenters. The molecule has 1 saturated heterocycles. The number of fused-ring (bicyclic) bond motifs is 1. The van der Waals surface area contributed by atoms with Crippen molar-refractivity contribution in [2.45, 2.75) is 32.5 Å². The number of likely N-dealkylation sites (tertiary alicyclic amines) is 1. The SMILES string of the molecule is CCCc1ccc(C2NC(c3ccc(CN4CC(C=O)C4)c4ccccc34)=NO2)cc1. The van der Waals surface area contributed by atoms with E-state index in [0.29, 0.717) is 0 Å². The average molecular weight is 414 g/mol. The molecule has 5 heteroatoms. The number of oxime groups is 1. The van der Waals surface area contributed by atoms with Crippen LogP contribution in [-0.4, -0.2) is 30.1 Å². The van der Waals surface area contributed by atoms with Gasteiger partial charge in [-0.1, -0.05) is 79.2 Å². The zero-order valence-corrected chi connectivity index (χ0v) is 17.8. The van der Waals surface area contributed by atoms with Gasteiger partial charge in [-0.2, -0.15) is 0 Å². The van der Waals surface area contributed by atoms with Crippen LogP contribution in [0.3, 0.4) is 0 Å². The number of nitrogens with one attached hydrogen (secondary N) is 1. The van der Waals surface area contributed by atoms with Gasteiger partial charge >= 0.3 is 0 Å². The highest BCUT2D eigenvalue weighted by molar-refractivity contribution is 6.10. The quantitative estimate of drug-likeness (QED) is 0.583. The van der Waals surface area contributed by atoms with Crippen LogP contribution in [0.1, 0.15) is 41.8 Å². The van der Waals surface area contributed by atoms with Crippen LogP contribution < -0.4 is 5.32 Å². The lowest BCUT2D eigenvalue weighted by Crippen LogP contribution is -2.46. The Bertz CT molecular complexity index is 1120. The second-order valence-electron chi connectivity index (χ2n) is 8.47. The van der Waals surface area contributed by atoms with Crippen LogP contribution in [0.4, 0.5) is 0 Å². The number of benzene rings is 3. The van der Waals surface area contributed by atoms with Crippen LogP contribution >= 0.6 is 0 Å². The zero-order chi connectivity index (χ0) is 21.2. The Labute approximate surface area is 182 Å². The molecule has 0 aliphatic carbocycles. The summed E-state index contributed by atoms with van der Waals surface area (Å²) in [5, 5.41) is 10.2. The number of nitrogens with zero attached hydrogens (tertiary/aromatic N) is 2. The lowest BCUT2D eigenvalue weighted by Gasteiger charge is -2.36. The Morgan fingerprint density at radius 2 is 1.84 bits per heavy atom. The summed E-state index contributed by atoms with van der Waals surface area (Å²) in [6, 6.07) is 21.3. The van der Waals surface area contributed by atoms with E-state index in [1.807, 2.05) is 0 Å². The van der Waals surface area contributed by atoms with Gasteiger partial charge < -0.3 is 14.9 Å². The van der Waals surface area contributed by atoms with Crippen molar-refractivity contribution in [3.05, 3.63) is 82.9 Å². The maximum absolute atomic E-state index is 10.9. The van der Waals surface area contributed by atoms with E-state index in [4.69, 9.17) is 4.84 Å². The first-order valence-corrected chi connectivity index (χ1v) is 11.0. The third kappa shape index (κ3) is 3.93. The molecule has 2 heterocycles. The highest BCUT2D eigenvalue weighted by Crippen LogP contribution is 2.29. The Kier molecular flexibility index (Phi) is 5.43. The van der Waals surface area contributed by atoms with Crippen LogP contribution in [0.5, 0.6) is 0 Å². The Hall–Kier alpha value is -3.18. The van der Waals surface area contributed by atoms with Gasteiger partial charge in [0.2, 0.25) is 6.23 Å². The van der Waals surface area contributed by atoms with E-state index in [-0.39, 0.29) is 12.1 Å². The van der Waals surface area contributed by atoms with Crippen LogP contribution in [0.25, 0.3) is 10.8 Å². The summed E-state index contributed by atoms with van der Waals surface area (Å²) in [4.78, 5) is 19.0. The Balaban J connectivity index is 1.36. The molecule has 2 aliphatic heterocycles. The molecule has 5 rings (SSSR count). The lowest BCUT2D eigenvalue weighted by atomic mass is 9.96. The highest BCUT2D eigenvalue weighted by Gasteiger charge is 2.27. The molecule has 2 aliphatic rings. The minimum absolute atomic E-state index is 0.188. The van der Waals surface area contributed by atoms with Crippen molar-refractivity contribution < 1.29 is 9.63 Å². The molecule has 1 N–H and O–H groups in total. The first-order chi connectivity index (χ1) is 15.2. The number of carbonyl (C=O) groups is 1. The summed E-state index contributed by atoms with van der Waals surface area (Å²) in [6.07, 6.45) is 3.02. The fraction of sp³-hybridized carbons (Fsp3) is 0.308. The minimum atomic E-state index is -0.273. The molecule has 0 saturated carbocycles. The van der Waals surface area contributed by atoms with E-state index in [0.717, 1.165) is 61.1 Å². The van der Waals surface area contributed by atoms with E-state index < -0.39 is 0 Å². The van der Waals surface area contributed by atoms with Crippen LogP contribution in [0.2, 0.25) is 0 Å². The van der Waals surface area contributed by atoms with E-state index in [9.17, 15) is 4.79 Å². The molecule has 5 nitrogen and oxygen atoms in total. The van der Waals surface area contributed by atoms with Gasteiger partial charge in [0, 0.05) is 36.7 Å². The molecule has 0 radical (unpaired) electrons. The van der Waals surface area contributed by atoms with Gasteiger partial charge in [-0.15, -0.1) is 0 Å². The van der Waals surface area contributed by atoms with Crippen molar-refractivity contribution >= 4 is 22.9 Å². The fourth-order valence-electron chi connectivity index (χ4n) is 4.47. The van der Waals surface area contributed by atoms with E-state index in [1.54, 1.807) is 0 Å². The molecule has 1 fully saturated rings. The Morgan fingerprint density at radius 1 is 1.06 bits per heavy atom. The average Bonchev–Trinajstić information content (AvgIpc) is 3.26. The summed E-state index contributed by atoms with van der Waals surface area (Å²) in [5.74, 6) is 0.947. The van der Waals surface area contributed by atoms with Crippen molar-refractivity contribution in [3.63, 3.8) is 0 Å². The van der Waals surface area contributed by atoms with Crippen molar-refractivity contribution in [2.24, 2.45) is 11.1 Å². The van der Waals surface area contributed by atoms with Crippen molar-refractivity contribution in [1.82, 2.24) is 10.2 Å². The summed E-state index contributed by atoms with van der Waals surface area (Å²) >= 11 is 0. The summed E-state index contributed by atoms with van der Waals surface area (Å²) in [5.41, 5.74) is 4.72. The molecule has 1 unspecified atom stereocenters. The first kappa shape index (κ1) is 19.8. The predicted octanol–water partition coefficient (Wildman–Crippen LogP) is 4.40. The Morgan fingerprint density at radius 3 is 2.58 bits per heavy atom. The molecule has 0 amide bonds. The largest absolute Gasteiger partial charge is 0.364 e. The summed E-state index contributed by atoms with van der Waals surface area (Å²) in [7, 11) is 0. The lowest BCUT2D eigenvalue weighted by molar-refractivity contribution is -0.115. The number of carbonyl (C=O) groups excluding carboxylic acids is 1. The molecule has 31 heavy (non-hydrogen) atoms. The van der Waals surface area contributed by atoms with E-state index >= 15 is 0 Å².